The third-order valence-electron chi connectivity index (χ3n) is 1.11. The molecule has 0 aliphatic heterocycles. The van der Waals surface area contributed by atoms with Gasteiger partial charge in [-0.1, -0.05) is 11.6 Å². The van der Waals surface area contributed by atoms with Gasteiger partial charge in [0.05, 0.1) is 4.90 Å². The molecule has 1 aromatic rings. The topological polar surface area (TPSA) is 85.9 Å². The standard InChI is InChI=1S/C6H5ClO3S.H2O/c7-5-1-3-6(4-2-5)11(8,9)10;/h1-4H,(H,8,9,10);1H2. The van der Waals surface area contributed by atoms with Crippen LogP contribution in [0.1, 0.15) is 0 Å². The molecule has 0 aliphatic rings. The molecule has 6 heteroatoms. The van der Waals surface area contributed by atoms with E-state index in [2.05, 4.69) is 0 Å². The van der Waals surface area contributed by atoms with E-state index >= 15 is 0 Å². The molecule has 0 bridgehead atoms. The Bertz CT molecular complexity index is 342. The molecule has 0 aromatic heterocycles. The Morgan fingerprint density at radius 2 is 1.58 bits per heavy atom. The fraction of sp³-hybridized carbons (Fsp3) is 0. The van der Waals surface area contributed by atoms with Crippen LogP contribution >= 0.6 is 11.6 Å². The summed E-state index contributed by atoms with van der Waals surface area (Å²) in [5.74, 6) is 0. The molecule has 0 spiro atoms. The molecule has 68 valence electrons. The van der Waals surface area contributed by atoms with E-state index in [1.54, 1.807) is 0 Å². The maximum atomic E-state index is 10.5. The van der Waals surface area contributed by atoms with Crippen LogP contribution in [-0.4, -0.2) is 18.4 Å². The number of hydrogen-bond donors (Lipinski definition) is 1. The van der Waals surface area contributed by atoms with E-state index in [-0.39, 0.29) is 10.4 Å². The quantitative estimate of drug-likeness (QED) is 0.695. The Labute approximate surface area is 74.8 Å². The van der Waals surface area contributed by atoms with E-state index in [0.29, 0.717) is 5.02 Å². The summed E-state index contributed by atoms with van der Waals surface area (Å²) < 4.78 is 29.4. The molecular weight excluding hydrogens is 204 g/mol. The number of halogens is 1. The van der Waals surface area contributed by atoms with Gasteiger partial charge < -0.3 is 5.48 Å². The Morgan fingerprint density at radius 3 is 1.92 bits per heavy atom. The molecule has 4 nitrogen and oxygen atoms in total. The van der Waals surface area contributed by atoms with Crippen LogP contribution in [0, 0.1) is 0 Å². The van der Waals surface area contributed by atoms with Crippen molar-refractivity contribution in [1.29, 1.82) is 0 Å². The first-order valence-corrected chi connectivity index (χ1v) is 4.55. The average molecular weight is 211 g/mol. The van der Waals surface area contributed by atoms with Crippen molar-refractivity contribution >= 4 is 21.7 Å². The SMILES string of the molecule is O.O=S(=O)(O)c1ccc(Cl)cc1. The minimum absolute atomic E-state index is 0. The van der Waals surface area contributed by atoms with Crippen molar-refractivity contribution in [2.45, 2.75) is 4.90 Å². The smallest absolute Gasteiger partial charge is 0.294 e. The maximum Gasteiger partial charge on any atom is 0.294 e. The van der Waals surface area contributed by atoms with Gasteiger partial charge >= 0.3 is 0 Å². The molecule has 0 radical (unpaired) electrons. The van der Waals surface area contributed by atoms with Crippen molar-refractivity contribution in [3.05, 3.63) is 29.3 Å². The fourth-order valence-corrected chi connectivity index (χ4v) is 1.21. The van der Waals surface area contributed by atoms with Gasteiger partial charge in [-0.15, -0.1) is 0 Å². The van der Waals surface area contributed by atoms with Crippen molar-refractivity contribution in [2.24, 2.45) is 0 Å². The Balaban J connectivity index is 0.00000121. The highest BCUT2D eigenvalue weighted by Gasteiger charge is 2.07. The van der Waals surface area contributed by atoms with E-state index in [4.69, 9.17) is 16.2 Å². The summed E-state index contributed by atoms with van der Waals surface area (Å²) in [5, 5.41) is 0.428. The summed E-state index contributed by atoms with van der Waals surface area (Å²) in [6, 6.07) is 5.25. The Morgan fingerprint density at radius 1 is 1.17 bits per heavy atom. The predicted octanol–water partition coefficient (Wildman–Crippen LogP) is 0.762. The number of hydrogen-bond acceptors (Lipinski definition) is 2. The molecule has 12 heavy (non-hydrogen) atoms. The second-order valence-corrected chi connectivity index (χ2v) is 3.79. The summed E-state index contributed by atoms with van der Waals surface area (Å²) in [7, 11) is -4.08. The van der Waals surface area contributed by atoms with Crippen LogP contribution in [0.3, 0.4) is 0 Å². The number of benzene rings is 1. The second-order valence-electron chi connectivity index (χ2n) is 1.93. The molecule has 0 aliphatic carbocycles. The highest BCUT2D eigenvalue weighted by Crippen LogP contribution is 2.12. The molecule has 0 unspecified atom stereocenters. The van der Waals surface area contributed by atoms with Gasteiger partial charge in [0.1, 0.15) is 0 Å². The maximum absolute atomic E-state index is 10.5. The first-order chi connectivity index (χ1) is 5.00. The van der Waals surface area contributed by atoms with Crippen molar-refractivity contribution in [1.82, 2.24) is 0 Å². The van der Waals surface area contributed by atoms with Crippen LogP contribution in [0.4, 0.5) is 0 Å². The van der Waals surface area contributed by atoms with Gasteiger partial charge in [-0.2, -0.15) is 8.42 Å². The molecule has 0 fully saturated rings. The predicted molar refractivity (Wildman–Crippen MR) is 44.9 cm³/mol. The summed E-state index contributed by atoms with van der Waals surface area (Å²) >= 11 is 5.49. The van der Waals surface area contributed by atoms with Crippen molar-refractivity contribution in [3.8, 4) is 0 Å². The summed E-state index contributed by atoms with van der Waals surface area (Å²) in [6.45, 7) is 0. The van der Waals surface area contributed by atoms with Crippen molar-refractivity contribution in [2.75, 3.05) is 0 Å². The summed E-state index contributed by atoms with van der Waals surface area (Å²) in [5.41, 5.74) is 0. The monoisotopic (exact) mass is 210 g/mol. The molecule has 0 amide bonds. The molecule has 0 saturated heterocycles. The Kier molecular flexibility index (Phi) is 3.66. The van der Waals surface area contributed by atoms with E-state index in [1.807, 2.05) is 0 Å². The van der Waals surface area contributed by atoms with Gasteiger partial charge in [0.15, 0.2) is 0 Å². The van der Waals surface area contributed by atoms with Crippen molar-refractivity contribution in [3.63, 3.8) is 0 Å². The van der Waals surface area contributed by atoms with Gasteiger partial charge in [0, 0.05) is 5.02 Å². The zero-order chi connectivity index (χ0) is 8.48. The first kappa shape index (κ1) is 11.4. The number of rotatable bonds is 1. The highest BCUT2D eigenvalue weighted by molar-refractivity contribution is 7.85. The Hall–Kier alpha value is -0.620. The highest BCUT2D eigenvalue weighted by atomic mass is 35.5. The van der Waals surface area contributed by atoms with Crippen LogP contribution in [-0.2, 0) is 10.1 Å². The van der Waals surface area contributed by atoms with E-state index in [0.717, 1.165) is 0 Å². The van der Waals surface area contributed by atoms with E-state index < -0.39 is 10.1 Å². The third kappa shape index (κ3) is 2.78. The fourth-order valence-electron chi connectivity index (χ4n) is 0.607. The molecule has 1 aromatic carbocycles. The minimum atomic E-state index is -4.08. The van der Waals surface area contributed by atoms with Crippen LogP contribution in [0.15, 0.2) is 29.2 Å². The lowest BCUT2D eigenvalue weighted by Gasteiger charge is -1.94. The zero-order valence-electron chi connectivity index (χ0n) is 5.86. The van der Waals surface area contributed by atoms with Gasteiger partial charge in [-0.25, -0.2) is 0 Å². The molecule has 3 N–H and O–H groups in total. The van der Waals surface area contributed by atoms with Crippen LogP contribution in [0.5, 0.6) is 0 Å². The van der Waals surface area contributed by atoms with Crippen molar-refractivity contribution < 1.29 is 18.4 Å². The molecule has 0 saturated carbocycles. The summed E-state index contributed by atoms with van der Waals surface area (Å²) in [4.78, 5) is -0.151. The lowest BCUT2D eigenvalue weighted by atomic mass is 10.4. The third-order valence-corrected chi connectivity index (χ3v) is 2.23. The van der Waals surface area contributed by atoms with Crippen LogP contribution in [0.2, 0.25) is 5.02 Å². The lowest BCUT2D eigenvalue weighted by molar-refractivity contribution is 0.483. The van der Waals surface area contributed by atoms with Gasteiger partial charge in [-0.05, 0) is 24.3 Å². The zero-order valence-corrected chi connectivity index (χ0v) is 7.43. The minimum Gasteiger partial charge on any atom is -0.412 e. The molecule has 0 atom stereocenters. The first-order valence-electron chi connectivity index (χ1n) is 2.73. The average Bonchev–Trinajstić information content (AvgIpc) is 1.86. The van der Waals surface area contributed by atoms with Gasteiger partial charge in [0.25, 0.3) is 10.1 Å². The van der Waals surface area contributed by atoms with Crippen LogP contribution < -0.4 is 0 Å². The van der Waals surface area contributed by atoms with Gasteiger partial charge in [0.2, 0.25) is 0 Å². The van der Waals surface area contributed by atoms with E-state index in [1.165, 1.54) is 24.3 Å². The van der Waals surface area contributed by atoms with Crippen LogP contribution in [0.25, 0.3) is 0 Å². The second kappa shape index (κ2) is 3.86. The van der Waals surface area contributed by atoms with Gasteiger partial charge in [-0.3, -0.25) is 4.55 Å². The normalized spacial score (nSPS) is 10.5. The molecule has 1 rings (SSSR count). The summed E-state index contributed by atoms with van der Waals surface area (Å²) in [6.07, 6.45) is 0. The van der Waals surface area contributed by atoms with E-state index in [9.17, 15) is 8.42 Å². The molecular formula is C6H7ClO4S. The largest absolute Gasteiger partial charge is 0.412 e. The lowest BCUT2D eigenvalue weighted by Crippen LogP contribution is -1.96. The molecule has 0 heterocycles.